The van der Waals surface area contributed by atoms with E-state index in [1.165, 1.54) is 4.88 Å². The van der Waals surface area contributed by atoms with Crippen LogP contribution in [0, 0.1) is 5.41 Å². The van der Waals surface area contributed by atoms with Crippen LogP contribution in [0.5, 0.6) is 0 Å². The molecule has 0 spiro atoms. The van der Waals surface area contributed by atoms with Crippen LogP contribution in [-0.4, -0.2) is 36.5 Å². The quantitative estimate of drug-likeness (QED) is 0.608. The zero-order valence-corrected chi connectivity index (χ0v) is 9.89. The minimum absolute atomic E-state index is 0.00943. The number of hydrogen-bond donors (Lipinski definition) is 3. The van der Waals surface area contributed by atoms with Crippen LogP contribution in [-0.2, 0) is 6.42 Å². The Morgan fingerprint density at radius 1 is 1.40 bits per heavy atom. The summed E-state index contributed by atoms with van der Waals surface area (Å²) in [5.74, 6) is 0. The van der Waals surface area contributed by atoms with Gasteiger partial charge in [-0.15, -0.1) is 11.3 Å². The van der Waals surface area contributed by atoms with Crippen molar-refractivity contribution in [3.05, 3.63) is 22.4 Å². The fourth-order valence-electron chi connectivity index (χ4n) is 1.22. The highest BCUT2D eigenvalue weighted by Gasteiger charge is 2.21. The first-order chi connectivity index (χ1) is 7.20. The Labute approximate surface area is 94.8 Å². The van der Waals surface area contributed by atoms with Gasteiger partial charge in [-0.2, -0.15) is 0 Å². The molecule has 3 nitrogen and oxygen atoms in total. The molecule has 0 aliphatic heterocycles. The highest BCUT2D eigenvalue weighted by atomic mass is 32.1. The van der Waals surface area contributed by atoms with Crippen molar-refractivity contribution in [3.63, 3.8) is 0 Å². The zero-order valence-electron chi connectivity index (χ0n) is 9.07. The van der Waals surface area contributed by atoms with Gasteiger partial charge in [0.25, 0.3) is 0 Å². The Hall–Kier alpha value is -0.420. The van der Waals surface area contributed by atoms with Crippen molar-refractivity contribution in [2.45, 2.75) is 13.3 Å². The number of aliphatic hydroxyl groups is 2. The van der Waals surface area contributed by atoms with Crippen LogP contribution in [0.15, 0.2) is 17.5 Å². The molecule has 0 saturated heterocycles. The highest BCUT2D eigenvalue weighted by Crippen LogP contribution is 2.12. The van der Waals surface area contributed by atoms with Crippen LogP contribution in [0.4, 0.5) is 0 Å². The van der Waals surface area contributed by atoms with E-state index in [-0.39, 0.29) is 13.2 Å². The third-order valence-electron chi connectivity index (χ3n) is 2.44. The summed E-state index contributed by atoms with van der Waals surface area (Å²) in [7, 11) is 0. The minimum Gasteiger partial charge on any atom is -0.396 e. The molecule has 1 heterocycles. The molecular weight excluding hydrogens is 210 g/mol. The number of rotatable bonds is 7. The summed E-state index contributed by atoms with van der Waals surface area (Å²) in [5, 5.41) is 23.5. The smallest absolute Gasteiger partial charge is 0.0518 e. The van der Waals surface area contributed by atoms with Crippen molar-refractivity contribution in [1.82, 2.24) is 5.32 Å². The van der Waals surface area contributed by atoms with Crippen LogP contribution in [0.3, 0.4) is 0 Å². The molecular formula is C11H19NO2S. The molecule has 1 aromatic heterocycles. The number of thiophene rings is 1. The SMILES string of the molecule is CC(CO)(CO)CNCCc1cccs1. The van der Waals surface area contributed by atoms with Crippen LogP contribution < -0.4 is 5.32 Å². The molecule has 3 N–H and O–H groups in total. The molecule has 1 aromatic rings. The number of nitrogens with one attached hydrogen (secondary N) is 1. The Morgan fingerprint density at radius 2 is 2.13 bits per heavy atom. The van der Waals surface area contributed by atoms with Gasteiger partial charge in [-0.25, -0.2) is 0 Å². The first kappa shape index (κ1) is 12.6. The lowest BCUT2D eigenvalue weighted by atomic mass is 9.93. The van der Waals surface area contributed by atoms with Crippen LogP contribution >= 0.6 is 11.3 Å². The summed E-state index contributed by atoms with van der Waals surface area (Å²) in [6.45, 7) is 3.41. The van der Waals surface area contributed by atoms with Crippen molar-refractivity contribution in [3.8, 4) is 0 Å². The second-order valence-electron chi connectivity index (χ2n) is 4.13. The van der Waals surface area contributed by atoms with E-state index in [1.54, 1.807) is 11.3 Å². The zero-order chi connectivity index (χ0) is 11.1. The standard InChI is InChI=1S/C11H19NO2S/c1-11(8-13,9-14)7-12-5-4-10-3-2-6-15-10/h2-3,6,12-14H,4-5,7-9H2,1H3. The van der Waals surface area contributed by atoms with E-state index in [9.17, 15) is 0 Å². The molecule has 0 amide bonds. The van der Waals surface area contributed by atoms with Crippen LogP contribution in [0.25, 0.3) is 0 Å². The Bertz CT molecular complexity index is 258. The van der Waals surface area contributed by atoms with E-state index in [0.717, 1.165) is 13.0 Å². The topological polar surface area (TPSA) is 52.5 Å². The van der Waals surface area contributed by atoms with E-state index in [0.29, 0.717) is 6.54 Å². The number of hydrogen-bond acceptors (Lipinski definition) is 4. The molecule has 0 aliphatic rings. The molecule has 15 heavy (non-hydrogen) atoms. The van der Waals surface area contributed by atoms with E-state index in [4.69, 9.17) is 10.2 Å². The first-order valence-corrected chi connectivity index (χ1v) is 6.03. The second kappa shape index (κ2) is 6.23. The van der Waals surface area contributed by atoms with E-state index >= 15 is 0 Å². The average molecular weight is 229 g/mol. The summed E-state index contributed by atoms with van der Waals surface area (Å²) < 4.78 is 0. The number of aliphatic hydroxyl groups excluding tert-OH is 2. The molecule has 0 saturated carbocycles. The summed E-state index contributed by atoms with van der Waals surface area (Å²) in [4.78, 5) is 1.36. The van der Waals surface area contributed by atoms with Gasteiger partial charge in [-0.3, -0.25) is 0 Å². The van der Waals surface area contributed by atoms with Gasteiger partial charge in [0.15, 0.2) is 0 Å². The van der Waals surface area contributed by atoms with E-state index in [2.05, 4.69) is 16.8 Å². The Kier molecular flexibility index (Phi) is 5.25. The van der Waals surface area contributed by atoms with Gasteiger partial charge in [0.1, 0.15) is 0 Å². The van der Waals surface area contributed by atoms with Crippen molar-refractivity contribution < 1.29 is 10.2 Å². The molecule has 0 radical (unpaired) electrons. The van der Waals surface area contributed by atoms with Gasteiger partial charge in [0.2, 0.25) is 0 Å². The summed E-state index contributed by atoms with van der Waals surface area (Å²) >= 11 is 1.75. The lowest BCUT2D eigenvalue weighted by molar-refractivity contribution is 0.0700. The van der Waals surface area contributed by atoms with Crippen LogP contribution in [0.1, 0.15) is 11.8 Å². The fourth-order valence-corrected chi connectivity index (χ4v) is 1.93. The van der Waals surface area contributed by atoms with Gasteiger partial charge < -0.3 is 15.5 Å². The second-order valence-corrected chi connectivity index (χ2v) is 5.17. The lowest BCUT2D eigenvalue weighted by Crippen LogP contribution is -2.38. The molecule has 86 valence electrons. The molecule has 4 heteroatoms. The maximum atomic E-state index is 9.07. The molecule has 0 aliphatic carbocycles. The molecule has 0 fully saturated rings. The van der Waals surface area contributed by atoms with Gasteiger partial charge in [-0.1, -0.05) is 13.0 Å². The van der Waals surface area contributed by atoms with E-state index < -0.39 is 5.41 Å². The van der Waals surface area contributed by atoms with Gasteiger partial charge >= 0.3 is 0 Å². The van der Waals surface area contributed by atoms with Crippen molar-refractivity contribution in [2.24, 2.45) is 5.41 Å². The predicted molar refractivity (Wildman–Crippen MR) is 63.2 cm³/mol. The monoisotopic (exact) mass is 229 g/mol. The van der Waals surface area contributed by atoms with Crippen LogP contribution in [0.2, 0.25) is 0 Å². The highest BCUT2D eigenvalue weighted by molar-refractivity contribution is 7.09. The lowest BCUT2D eigenvalue weighted by Gasteiger charge is -2.24. The third-order valence-corrected chi connectivity index (χ3v) is 3.38. The van der Waals surface area contributed by atoms with Crippen molar-refractivity contribution in [1.29, 1.82) is 0 Å². The minimum atomic E-state index is -0.407. The molecule has 0 bridgehead atoms. The van der Waals surface area contributed by atoms with Crippen molar-refractivity contribution in [2.75, 3.05) is 26.3 Å². The van der Waals surface area contributed by atoms with Crippen molar-refractivity contribution >= 4 is 11.3 Å². The molecule has 1 rings (SSSR count). The average Bonchev–Trinajstić information content (AvgIpc) is 2.77. The predicted octanol–water partition coefficient (Wildman–Crippen LogP) is 0.871. The maximum Gasteiger partial charge on any atom is 0.0518 e. The summed E-state index contributed by atoms with van der Waals surface area (Å²) in [5.41, 5.74) is -0.407. The maximum absolute atomic E-state index is 9.07. The summed E-state index contributed by atoms with van der Waals surface area (Å²) in [6.07, 6.45) is 1.00. The molecule has 0 unspecified atom stereocenters. The molecule has 0 aromatic carbocycles. The summed E-state index contributed by atoms with van der Waals surface area (Å²) in [6, 6.07) is 4.16. The first-order valence-electron chi connectivity index (χ1n) is 5.15. The fraction of sp³-hybridized carbons (Fsp3) is 0.636. The third kappa shape index (κ3) is 4.30. The normalized spacial score (nSPS) is 11.9. The Morgan fingerprint density at radius 3 is 2.67 bits per heavy atom. The van der Waals surface area contributed by atoms with Gasteiger partial charge in [0, 0.05) is 16.8 Å². The van der Waals surface area contributed by atoms with Gasteiger partial charge in [-0.05, 0) is 24.4 Å². The van der Waals surface area contributed by atoms with E-state index in [1.807, 2.05) is 13.0 Å². The molecule has 0 atom stereocenters. The Balaban J connectivity index is 2.16. The van der Waals surface area contributed by atoms with Gasteiger partial charge in [0.05, 0.1) is 13.2 Å². The largest absolute Gasteiger partial charge is 0.396 e.